The number of nitrogens with two attached hydrogens (primary N) is 1. The minimum Gasteiger partial charge on any atom is -0.489 e. The molecule has 0 aliphatic carbocycles. The van der Waals surface area contributed by atoms with Gasteiger partial charge in [0.1, 0.15) is 23.9 Å². The summed E-state index contributed by atoms with van der Waals surface area (Å²) in [5.41, 5.74) is 7.01. The van der Waals surface area contributed by atoms with Crippen LogP contribution in [0.3, 0.4) is 0 Å². The number of aryl methyl sites for hydroxylation is 1. The number of anilines is 1. The first-order valence-electron chi connectivity index (χ1n) is 5.89. The van der Waals surface area contributed by atoms with Crippen LogP contribution in [0.2, 0.25) is 0 Å². The maximum absolute atomic E-state index is 13.1. The maximum atomic E-state index is 13.1. The highest BCUT2D eigenvalue weighted by molar-refractivity contribution is 5.59. The van der Waals surface area contributed by atoms with Crippen LogP contribution in [0, 0.1) is 22.9 Å². The van der Waals surface area contributed by atoms with Gasteiger partial charge in [0.25, 0.3) is 5.69 Å². The third kappa shape index (κ3) is 3.03. The molecule has 0 aromatic heterocycles. The largest absolute Gasteiger partial charge is 0.489 e. The smallest absolute Gasteiger partial charge is 0.292 e. The monoisotopic (exact) mass is 276 g/mol. The van der Waals surface area contributed by atoms with E-state index in [-0.39, 0.29) is 23.8 Å². The van der Waals surface area contributed by atoms with E-state index in [4.69, 9.17) is 10.5 Å². The van der Waals surface area contributed by atoms with Gasteiger partial charge in [-0.1, -0.05) is 6.07 Å². The van der Waals surface area contributed by atoms with Crippen molar-refractivity contribution in [2.24, 2.45) is 0 Å². The van der Waals surface area contributed by atoms with Crippen molar-refractivity contribution in [3.63, 3.8) is 0 Å². The summed E-state index contributed by atoms with van der Waals surface area (Å²) in [6.07, 6.45) is 0. The molecule has 2 N–H and O–H groups in total. The van der Waals surface area contributed by atoms with Crippen LogP contribution in [0.4, 0.5) is 15.8 Å². The van der Waals surface area contributed by atoms with Gasteiger partial charge in [0.05, 0.1) is 4.92 Å². The van der Waals surface area contributed by atoms with E-state index in [2.05, 4.69) is 0 Å². The van der Waals surface area contributed by atoms with Gasteiger partial charge < -0.3 is 10.5 Å². The van der Waals surface area contributed by atoms with E-state index in [1.165, 1.54) is 24.3 Å². The summed E-state index contributed by atoms with van der Waals surface area (Å²) in [6, 6.07) is 8.63. The van der Waals surface area contributed by atoms with E-state index in [1.54, 1.807) is 19.1 Å². The molecule has 0 radical (unpaired) electrons. The lowest BCUT2D eigenvalue weighted by atomic mass is 10.2. The molecule has 104 valence electrons. The SMILES string of the molecule is Cc1ccc(F)cc1OCc1ccc([N+](=O)[O-])c(N)c1. The number of hydrogen-bond donors (Lipinski definition) is 1. The molecular formula is C14H13FN2O3. The normalized spacial score (nSPS) is 10.3. The second-order valence-electron chi connectivity index (χ2n) is 4.35. The number of ether oxygens (including phenoxy) is 1. The summed E-state index contributed by atoms with van der Waals surface area (Å²) >= 11 is 0. The quantitative estimate of drug-likeness (QED) is 0.528. The third-order valence-corrected chi connectivity index (χ3v) is 2.83. The van der Waals surface area contributed by atoms with Crippen molar-refractivity contribution in [3.05, 3.63) is 63.5 Å². The average molecular weight is 276 g/mol. The Morgan fingerprint density at radius 3 is 2.70 bits per heavy atom. The van der Waals surface area contributed by atoms with E-state index < -0.39 is 4.92 Å². The Morgan fingerprint density at radius 2 is 2.05 bits per heavy atom. The van der Waals surface area contributed by atoms with Crippen LogP contribution >= 0.6 is 0 Å². The number of nitrogen functional groups attached to an aromatic ring is 1. The highest BCUT2D eigenvalue weighted by Crippen LogP contribution is 2.24. The molecule has 5 nitrogen and oxygen atoms in total. The molecule has 0 bridgehead atoms. The van der Waals surface area contributed by atoms with Crippen molar-refractivity contribution in [2.45, 2.75) is 13.5 Å². The Balaban J connectivity index is 2.13. The first-order valence-corrected chi connectivity index (χ1v) is 5.89. The minimum absolute atomic E-state index is 0.0760. The van der Waals surface area contributed by atoms with Crippen molar-refractivity contribution in [1.29, 1.82) is 0 Å². The lowest BCUT2D eigenvalue weighted by molar-refractivity contribution is -0.383. The Kier molecular flexibility index (Phi) is 3.84. The van der Waals surface area contributed by atoms with Crippen molar-refractivity contribution in [1.82, 2.24) is 0 Å². The zero-order chi connectivity index (χ0) is 14.7. The molecule has 0 atom stereocenters. The standard InChI is InChI=1S/C14H13FN2O3/c1-9-2-4-11(15)7-14(9)20-8-10-3-5-13(17(18)19)12(16)6-10/h2-7H,8,16H2,1H3. The Hall–Kier alpha value is -2.63. The van der Waals surface area contributed by atoms with Gasteiger partial charge in [0.15, 0.2) is 0 Å². The van der Waals surface area contributed by atoms with Crippen LogP contribution < -0.4 is 10.5 Å². The highest BCUT2D eigenvalue weighted by Gasteiger charge is 2.11. The number of rotatable bonds is 4. The van der Waals surface area contributed by atoms with E-state index in [0.29, 0.717) is 11.3 Å². The van der Waals surface area contributed by atoms with Gasteiger partial charge in [-0.2, -0.15) is 0 Å². The molecule has 0 amide bonds. The van der Waals surface area contributed by atoms with Crippen LogP contribution in [-0.4, -0.2) is 4.92 Å². The first-order chi connectivity index (χ1) is 9.47. The molecule has 0 aliphatic rings. The summed E-state index contributed by atoms with van der Waals surface area (Å²) in [5, 5.41) is 10.6. The zero-order valence-electron chi connectivity index (χ0n) is 10.8. The molecule has 6 heteroatoms. The van der Waals surface area contributed by atoms with Crippen LogP contribution in [-0.2, 0) is 6.61 Å². The van der Waals surface area contributed by atoms with Gasteiger partial charge >= 0.3 is 0 Å². The van der Waals surface area contributed by atoms with Gasteiger partial charge in [-0.15, -0.1) is 0 Å². The fourth-order valence-corrected chi connectivity index (χ4v) is 1.75. The van der Waals surface area contributed by atoms with Gasteiger partial charge in [0.2, 0.25) is 0 Å². The van der Waals surface area contributed by atoms with Crippen molar-refractivity contribution < 1.29 is 14.1 Å². The number of nitro groups is 1. The topological polar surface area (TPSA) is 78.4 Å². The zero-order valence-corrected chi connectivity index (χ0v) is 10.8. The number of nitrogens with zero attached hydrogens (tertiary/aromatic N) is 1. The molecular weight excluding hydrogens is 263 g/mol. The van der Waals surface area contributed by atoms with Crippen molar-refractivity contribution in [3.8, 4) is 5.75 Å². The van der Waals surface area contributed by atoms with E-state index in [9.17, 15) is 14.5 Å². The van der Waals surface area contributed by atoms with Gasteiger partial charge in [-0.25, -0.2) is 4.39 Å². The molecule has 0 saturated carbocycles. The van der Waals surface area contributed by atoms with Crippen LogP contribution in [0.25, 0.3) is 0 Å². The molecule has 0 fully saturated rings. The molecule has 0 saturated heterocycles. The fourth-order valence-electron chi connectivity index (χ4n) is 1.75. The maximum Gasteiger partial charge on any atom is 0.292 e. The average Bonchev–Trinajstić information content (AvgIpc) is 2.39. The number of nitro benzene ring substituents is 1. The predicted octanol–water partition coefficient (Wildman–Crippen LogP) is 3.20. The van der Waals surface area contributed by atoms with Crippen LogP contribution in [0.1, 0.15) is 11.1 Å². The van der Waals surface area contributed by atoms with E-state index >= 15 is 0 Å². The fraction of sp³-hybridized carbons (Fsp3) is 0.143. The second-order valence-corrected chi connectivity index (χ2v) is 4.35. The van der Waals surface area contributed by atoms with E-state index in [1.807, 2.05) is 0 Å². The molecule has 2 aromatic rings. The second kappa shape index (κ2) is 5.56. The Bertz CT molecular complexity index is 659. The molecule has 0 unspecified atom stereocenters. The first kappa shape index (κ1) is 13.8. The Labute approximate surface area is 114 Å². The minimum atomic E-state index is -0.545. The molecule has 0 aliphatic heterocycles. The van der Waals surface area contributed by atoms with Gasteiger partial charge in [0, 0.05) is 12.1 Å². The summed E-state index contributed by atoms with van der Waals surface area (Å²) < 4.78 is 18.6. The van der Waals surface area contributed by atoms with E-state index in [0.717, 1.165) is 5.56 Å². The molecule has 0 spiro atoms. The van der Waals surface area contributed by atoms with Crippen molar-refractivity contribution in [2.75, 3.05) is 5.73 Å². The summed E-state index contributed by atoms with van der Waals surface area (Å²) in [5.74, 6) is 0.0516. The van der Waals surface area contributed by atoms with Crippen LogP contribution in [0.15, 0.2) is 36.4 Å². The summed E-state index contributed by atoms with van der Waals surface area (Å²) in [4.78, 5) is 10.1. The van der Waals surface area contributed by atoms with Crippen molar-refractivity contribution >= 4 is 11.4 Å². The Morgan fingerprint density at radius 1 is 1.30 bits per heavy atom. The lowest BCUT2D eigenvalue weighted by Crippen LogP contribution is -2.01. The third-order valence-electron chi connectivity index (χ3n) is 2.83. The summed E-state index contributed by atoms with van der Waals surface area (Å²) in [7, 11) is 0. The molecule has 0 heterocycles. The predicted molar refractivity (Wildman–Crippen MR) is 73.0 cm³/mol. The molecule has 20 heavy (non-hydrogen) atoms. The number of halogens is 1. The summed E-state index contributed by atoms with van der Waals surface area (Å²) in [6.45, 7) is 1.96. The van der Waals surface area contributed by atoms with Gasteiger partial charge in [-0.05, 0) is 36.2 Å². The molecule has 2 aromatic carbocycles. The number of hydrogen-bond acceptors (Lipinski definition) is 4. The molecule has 2 rings (SSSR count). The van der Waals surface area contributed by atoms with Crippen LogP contribution in [0.5, 0.6) is 5.75 Å². The highest BCUT2D eigenvalue weighted by atomic mass is 19.1. The lowest BCUT2D eigenvalue weighted by Gasteiger charge is -2.09. The van der Waals surface area contributed by atoms with Gasteiger partial charge in [-0.3, -0.25) is 10.1 Å². The number of benzene rings is 2.